The van der Waals surface area contributed by atoms with Crippen molar-refractivity contribution < 1.29 is 14.3 Å². The summed E-state index contributed by atoms with van der Waals surface area (Å²) in [6.07, 6.45) is 0. The zero-order chi connectivity index (χ0) is 17.8. The predicted molar refractivity (Wildman–Crippen MR) is 101 cm³/mol. The Balaban J connectivity index is 1.88. The molecule has 0 amide bonds. The van der Waals surface area contributed by atoms with Crippen LogP contribution in [-0.4, -0.2) is 38.2 Å². The van der Waals surface area contributed by atoms with Gasteiger partial charge >= 0.3 is 5.97 Å². The lowest BCUT2D eigenvalue weighted by Crippen LogP contribution is -2.24. The molecule has 0 aromatic heterocycles. The van der Waals surface area contributed by atoms with Crippen LogP contribution in [-0.2, 0) is 16.1 Å². The fourth-order valence-corrected chi connectivity index (χ4v) is 3.94. The molecule has 25 heavy (non-hydrogen) atoms. The Morgan fingerprint density at radius 3 is 2.60 bits per heavy atom. The van der Waals surface area contributed by atoms with E-state index in [1.165, 1.54) is 12.7 Å². The molecule has 5 heteroatoms. The van der Waals surface area contributed by atoms with Gasteiger partial charge in [-0.1, -0.05) is 46.3 Å². The van der Waals surface area contributed by atoms with Crippen molar-refractivity contribution in [3.8, 4) is 5.75 Å². The number of halogens is 1. The summed E-state index contributed by atoms with van der Waals surface area (Å²) in [5.74, 6) is 0.492. The van der Waals surface area contributed by atoms with Crippen LogP contribution >= 0.6 is 15.9 Å². The van der Waals surface area contributed by atoms with Crippen LogP contribution in [0.1, 0.15) is 17.0 Å². The maximum atomic E-state index is 12.4. The monoisotopic (exact) mass is 403 g/mol. The van der Waals surface area contributed by atoms with E-state index in [0.717, 1.165) is 28.9 Å². The highest BCUT2D eigenvalue weighted by Gasteiger charge is 2.40. The van der Waals surface area contributed by atoms with Crippen LogP contribution in [0.25, 0.3) is 0 Å². The molecular weight excluding hydrogens is 382 g/mol. The van der Waals surface area contributed by atoms with Gasteiger partial charge in [-0.15, -0.1) is 0 Å². The SMILES string of the molecule is COC(=O)C1CN(Cc2ccccc2)CC1c1cc(Br)ccc1OC. The second kappa shape index (κ2) is 8.02. The minimum Gasteiger partial charge on any atom is -0.496 e. The van der Waals surface area contributed by atoms with Crippen LogP contribution in [0.3, 0.4) is 0 Å². The van der Waals surface area contributed by atoms with Crippen molar-refractivity contribution >= 4 is 21.9 Å². The van der Waals surface area contributed by atoms with Gasteiger partial charge in [-0.25, -0.2) is 0 Å². The number of ether oxygens (including phenoxy) is 2. The van der Waals surface area contributed by atoms with Crippen molar-refractivity contribution in [3.05, 3.63) is 64.1 Å². The molecular formula is C20H22BrNO3. The fraction of sp³-hybridized carbons (Fsp3) is 0.350. The minimum absolute atomic E-state index is 0.0450. The van der Waals surface area contributed by atoms with Crippen LogP contribution in [0.5, 0.6) is 5.75 Å². The van der Waals surface area contributed by atoms with Crippen molar-refractivity contribution in [1.82, 2.24) is 4.90 Å². The Morgan fingerprint density at radius 1 is 1.16 bits per heavy atom. The van der Waals surface area contributed by atoms with E-state index in [2.05, 4.69) is 33.0 Å². The molecule has 2 unspecified atom stereocenters. The van der Waals surface area contributed by atoms with Crippen LogP contribution in [0, 0.1) is 5.92 Å². The largest absolute Gasteiger partial charge is 0.496 e. The summed E-state index contributed by atoms with van der Waals surface area (Å²) in [7, 11) is 3.12. The molecule has 0 aliphatic carbocycles. The van der Waals surface area contributed by atoms with Gasteiger partial charge in [0, 0.05) is 35.6 Å². The van der Waals surface area contributed by atoms with E-state index in [1.54, 1.807) is 7.11 Å². The van der Waals surface area contributed by atoms with Crippen molar-refractivity contribution in [2.75, 3.05) is 27.3 Å². The number of methoxy groups -OCH3 is 2. The molecule has 0 spiro atoms. The van der Waals surface area contributed by atoms with Gasteiger partial charge in [0.2, 0.25) is 0 Å². The standard InChI is InChI=1S/C20H22BrNO3/c1-24-19-9-8-15(21)10-16(19)17-12-22(13-18(17)20(23)25-2)11-14-6-4-3-5-7-14/h3-10,17-18H,11-13H2,1-2H3. The van der Waals surface area contributed by atoms with Crippen LogP contribution in [0.2, 0.25) is 0 Å². The number of benzene rings is 2. The van der Waals surface area contributed by atoms with Crippen molar-refractivity contribution in [2.24, 2.45) is 5.92 Å². The molecule has 0 radical (unpaired) electrons. The van der Waals surface area contributed by atoms with E-state index < -0.39 is 0 Å². The molecule has 132 valence electrons. The molecule has 1 aliphatic heterocycles. The number of rotatable bonds is 5. The van der Waals surface area contributed by atoms with Crippen LogP contribution < -0.4 is 4.74 Å². The predicted octanol–water partition coefficient (Wildman–Crippen LogP) is 3.85. The van der Waals surface area contributed by atoms with Crippen LogP contribution in [0.15, 0.2) is 53.0 Å². The average molecular weight is 404 g/mol. The Labute approximate surface area is 156 Å². The van der Waals surface area contributed by atoms with E-state index in [4.69, 9.17) is 9.47 Å². The van der Waals surface area contributed by atoms with Gasteiger partial charge in [-0.05, 0) is 23.8 Å². The number of nitrogens with zero attached hydrogens (tertiary/aromatic N) is 1. The van der Waals surface area contributed by atoms with Crippen molar-refractivity contribution in [2.45, 2.75) is 12.5 Å². The Morgan fingerprint density at radius 2 is 1.92 bits per heavy atom. The van der Waals surface area contributed by atoms with Gasteiger partial charge in [-0.3, -0.25) is 9.69 Å². The van der Waals surface area contributed by atoms with E-state index in [-0.39, 0.29) is 17.8 Å². The smallest absolute Gasteiger partial charge is 0.310 e. The molecule has 0 N–H and O–H groups in total. The minimum atomic E-state index is -0.197. The van der Waals surface area contributed by atoms with Gasteiger partial charge in [0.1, 0.15) is 5.75 Å². The third-order valence-electron chi connectivity index (χ3n) is 4.74. The highest BCUT2D eigenvalue weighted by atomic mass is 79.9. The zero-order valence-corrected chi connectivity index (χ0v) is 16.0. The van der Waals surface area contributed by atoms with Crippen LogP contribution in [0.4, 0.5) is 0 Å². The molecule has 1 aliphatic rings. The first-order valence-electron chi connectivity index (χ1n) is 8.30. The third-order valence-corrected chi connectivity index (χ3v) is 5.23. The third kappa shape index (κ3) is 4.05. The zero-order valence-electron chi connectivity index (χ0n) is 14.4. The molecule has 2 atom stereocenters. The maximum absolute atomic E-state index is 12.4. The maximum Gasteiger partial charge on any atom is 0.310 e. The molecule has 3 rings (SSSR count). The van der Waals surface area contributed by atoms with Crippen molar-refractivity contribution in [3.63, 3.8) is 0 Å². The second-order valence-electron chi connectivity index (χ2n) is 6.30. The lowest BCUT2D eigenvalue weighted by atomic mass is 9.88. The molecule has 1 heterocycles. The van der Waals surface area contributed by atoms with Gasteiger partial charge in [-0.2, -0.15) is 0 Å². The van der Waals surface area contributed by atoms with E-state index in [0.29, 0.717) is 6.54 Å². The normalized spacial score (nSPS) is 20.4. The summed E-state index contributed by atoms with van der Waals surface area (Å²) in [5.41, 5.74) is 2.29. The number of carbonyl (C=O) groups is 1. The summed E-state index contributed by atoms with van der Waals surface area (Å²) >= 11 is 3.53. The highest BCUT2D eigenvalue weighted by molar-refractivity contribution is 9.10. The first-order chi connectivity index (χ1) is 12.1. The molecule has 2 aromatic carbocycles. The number of hydrogen-bond donors (Lipinski definition) is 0. The lowest BCUT2D eigenvalue weighted by molar-refractivity contribution is -0.145. The average Bonchev–Trinajstić information content (AvgIpc) is 3.05. The van der Waals surface area contributed by atoms with E-state index >= 15 is 0 Å². The first kappa shape index (κ1) is 18.0. The van der Waals surface area contributed by atoms with E-state index in [9.17, 15) is 4.79 Å². The second-order valence-corrected chi connectivity index (χ2v) is 7.22. The number of likely N-dealkylation sites (tertiary alicyclic amines) is 1. The number of esters is 1. The summed E-state index contributed by atoms with van der Waals surface area (Å²) in [6.45, 7) is 2.30. The van der Waals surface area contributed by atoms with E-state index in [1.807, 2.05) is 36.4 Å². The molecule has 0 bridgehead atoms. The Kier molecular flexibility index (Phi) is 5.76. The summed E-state index contributed by atoms with van der Waals surface area (Å²) < 4.78 is 11.6. The summed E-state index contributed by atoms with van der Waals surface area (Å²) in [5, 5.41) is 0. The molecule has 1 fully saturated rings. The number of carbonyl (C=O) groups excluding carboxylic acids is 1. The van der Waals surface area contributed by atoms with Gasteiger partial charge in [0.05, 0.1) is 20.1 Å². The van der Waals surface area contributed by atoms with Crippen molar-refractivity contribution in [1.29, 1.82) is 0 Å². The number of hydrogen-bond acceptors (Lipinski definition) is 4. The lowest BCUT2D eigenvalue weighted by Gasteiger charge is -2.20. The molecule has 2 aromatic rings. The quantitative estimate of drug-likeness (QED) is 0.710. The molecule has 1 saturated heterocycles. The van der Waals surface area contributed by atoms with Gasteiger partial charge in [0.25, 0.3) is 0 Å². The summed E-state index contributed by atoms with van der Waals surface area (Å²) in [4.78, 5) is 14.7. The van der Waals surface area contributed by atoms with Gasteiger partial charge < -0.3 is 9.47 Å². The van der Waals surface area contributed by atoms with Gasteiger partial charge in [0.15, 0.2) is 0 Å². The first-order valence-corrected chi connectivity index (χ1v) is 9.09. The molecule has 0 saturated carbocycles. The fourth-order valence-electron chi connectivity index (χ4n) is 3.56. The molecule has 4 nitrogen and oxygen atoms in total. The highest BCUT2D eigenvalue weighted by Crippen LogP contribution is 2.39. The summed E-state index contributed by atoms with van der Waals surface area (Å²) in [6, 6.07) is 16.3. The topological polar surface area (TPSA) is 38.8 Å². The Bertz CT molecular complexity index is 735. The Hall–Kier alpha value is -1.85.